The molecule has 0 aromatic heterocycles. The van der Waals surface area contributed by atoms with E-state index in [9.17, 15) is 0 Å². The third-order valence-electron chi connectivity index (χ3n) is 0.0476. The van der Waals surface area contributed by atoms with Crippen molar-refractivity contribution >= 4 is 54.8 Å². The molecule has 0 nitrogen and oxygen atoms in total. The summed E-state index contributed by atoms with van der Waals surface area (Å²) in [6, 6.07) is 0. The fourth-order valence-corrected chi connectivity index (χ4v) is 0. The molecule has 0 fully saturated rings. The minimum absolute atomic E-state index is 0. The van der Waals surface area contributed by atoms with Crippen molar-refractivity contribution in [3.05, 3.63) is 0 Å². The SMILES string of the molecule is I[B][B-]I.[V]. The quantitative estimate of drug-likeness (QED) is 0.498. The minimum Gasteiger partial charge on any atom is -0.444 e. The van der Waals surface area contributed by atoms with Gasteiger partial charge in [-0.05, 0) is 0 Å². The summed E-state index contributed by atoms with van der Waals surface area (Å²) in [5.41, 5.74) is 0. The minimum atomic E-state index is 0. The molecule has 0 saturated carbocycles. The van der Waals surface area contributed by atoms with Crippen molar-refractivity contribution in [2.24, 2.45) is 0 Å². The molecule has 0 bridgehead atoms. The van der Waals surface area contributed by atoms with Gasteiger partial charge < -0.3 is 22.4 Å². The van der Waals surface area contributed by atoms with E-state index in [4.69, 9.17) is 0 Å². The number of rotatable bonds is 1. The summed E-state index contributed by atoms with van der Waals surface area (Å²) in [7, 11) is 0. The Balaban J connectivity index is 0. The summed E-state index contributed by atoms with van der Waals surface area (Å²) in [6.45, 7) is 0. The second-order valence-corrected chi connectivity index (χ2v) is 1.69. The van der Waals surface area contributed by atoms with Crippen LogP contribution in [0.5, 0.6) is 0 Å². The summed E-state index contributed by atoms with van der Waals surface area (Å²) in [5, 5.41) is 3.91. The molecule has 5 heteroatoms. The maximum absolute atomic E-state index is 2.16. The first-order chi connectivity index (χ1) is 1.91. The average Bonchev–Trinajstić information content (AvgIpc) is 1.37. The maximum Gasteiger partial charge on any atom is 0 e. The van der Waals surface area contributed by atoms with Crippen LogP contribution in [0.2, 0.25) is 0 Å². The van der Waals surface area contributed by atoms with Gasteiger partial charge in [-0.2, -0.15) is 0 Å². The van der Waals surface area contributed by atoms with Crippen LogP contribution in [-0.4, -0.2) is 10.1 Å². The van der Waals surface area contributed by atoms with E-state index >= 15 is 0 Å². The Labute approximate surface area is 72.3 Å². The molecule has 0 aromatic carbocycles. The predicted molar refractivity (Wildman–Crippen MR) is 39.5 cm³/mol. The molecule has 0 aliphatic rings. The van der Waals surface area contributed by atoms with Crippen LogP contribution in [0.1, 0.15) is 0 Å². The van der Waals surface area contributed by atoms with E-state index in [-0.39, 0.29) is 18.6 Å². The van der Waals surface area contributed by atoms with E-state index in [0.717, 1.165) is 0 Å². The van der Waals surface area contributed by atoms with Gasteiger partial charge in [0.25, 0.3) is 0 Å². The monoisotopic (exact) mass is 327 g/mol. The summed E-state index contributed by atoms with van der Waals surface area (Å²) < 4.78 is 0. The Morgan fingerprint density at radius 2 is 1.80 bits per heavy atom. The topological polar surface area (TPSA) is 0 Å². The fourth-order valence-electron chi connectivity index (χ4n) is 0. The Kier molecular flexibility index (Phi) is 19.4. The molecule has 0 spiro atoms. The Bertz CT molecular complexity index is 9.61. The van der Waals surface area contributed by atoms with Gasteiger partial charge in [-0.1, -0.05) is 5.03 Å². The summed E-state index contributed by atoms with van der Waals surface area (Å²) in [4.78, 5) is 0. The zero-order chi connectivity index (χ0) is 3.41. The Morgan fingerprint density at radius 1 is 1.60 bits per heavy atom. The fraction of sp³-hybridized carbons (Fsp3) is 0. The molecule has 5 heavy (non-hydrogen) atoms. The van der Waals surface area contributed by atoms with Gasteiger partial charge in [-0.3, -0.25) is 5.03 Å². The normalized spacial score (nSPS) is 5.20. The van der Waals surface area contributed by atoms with E-state index < -0.39 is 0 Å². The molecule has 0 aliphatic heterocycles. The van der Waals surface area contributed by atoms with Gasteiger partial charge in [-0.15, -0.1) is 0 Å². The van der Waals surface area contributed by atoms with Gasteiger partial charge in [0.2, 0.25) is 0 Å². The average molecular weight is 326 g/mol. The zero-order valence-electron chi connectivity index (χ0n) is 2.36. The van der Waals surface area contributed by atoms with E-state index in [2.05, 4.69) is 44.7 Å². The van der Waals surface area contributed by atoms with E-state index in [1.165, 1.54) is 0 Å². The Morgan fingerprint density at radius 3 is 1.80 bits per heavy atom. The third kappa shape index (κ3) is 10.7. The van der Waals surface area contributed by atoms with E-state index in [0.29, 0.717) is 0 Å². The van der Waals surface area contributed by atoms with Crippen LogP contribution in [-0.2, 0) is 18.6 Å². The molecule has 26 valence electrons. The molecule has 0 heterocycles. The van der Waals surface area contributed by atoms with Crippen LogP contribution < -0.4 is 0 Å². The van der Waals surface area contributed by atoms with Crippen LogP contribution >= 0.6 is 44.7 Å². The standard InChI is InChI=1S/B2I2.V/c3-1-2-4;/q-1;. The molecule has 0 aliphatic carbocycles. The second-order valence-electron chi connectivity index (χ2n) is 0.252. The molecule has 4 radical (unpaired) electrons. The van der Waals surface area contributed by atoms with Crippen molar-refractivity contribution in [3.63, 3.8) is 0 Å². The molecular weight excluding hydrogens is 326 g/mol. The van der Waals surface area contributed by atoms with Crippen molar-refractivity contribution in [2.75, 3.05) is 0 Å². The maximum atomic E-state index is 2.16. The third-order valence-corrected chi connectivity index (χ3v) is 2.14. The molecule has 0 N–H and O–H groups in total. The van der Waals surface area contributed by atoms with Crippen molar-refractivity contribution in [2.45, 2.75) is 0 Å². The predicted octanol–water partition coefficient (Wildman–Crippen LogP) is 1.01. The van der Waals surface area contributed by atoms with Gasteiger partial charge in [0.05, 0.1) is 0 Å². The van der Waals surface area contributed by atoms with Gasteiger partial charge in [-0.25, -0.2) is 22.4 Å². The summed E-state index contributed by atoms with van der Waals surface area (Å²) in [6.07, 6.45) is 0. The van der Waals surface area contributed by atoms with Crippen molar-refractivity contribution in [1.82, 2.24) is 0 Å². The first-order valence-corrected chi connectivity index (χ1v) is 3.26. The Hall–Kier alpha value is 2.17. The first-order valence-electron chi connectivity index (χ1n) is 0.770. The van der Waals surface area contributed by atoms with Crippen LogP contribution in [0.15, 0.2) is 0 Å². The molecular formula is B2I2V-. The van der Waals surface area contributed by atoms with Crippen LogP contribution in [0.3, 0.4) is 0 Å². The number of hydrogen-bond acceptors (Lipinski definition) is 0. The zero-order valence-corrected chi connectivity index (χ0v) is 8.07. The summed E-state index contributed by atoms with van der Waals surface area (Å²) in [5.74, 6) is 0. The van der Waals surface area contributed by atoms with Crippen LogP contribution in [0.25, 0.3) is 0 Å². The van der Waals surface area contributed by atoms with Crippen LogP contribution in [0, 0.1) is 0 Å². The smallest absolute Gasteiger partial charge is 0 e. The first kappa shape index (κ1) is 10.2. The van der Waals surface area contributed by atoms with Crippen molar-refractivity contribution in [1.29, 1.82) is 0 Å². The van der Waals surface area contributed by atoms with Crippen LogP contribution in [0.4, 0.5) is 0 Å². The van der Waals surface area contributed by atoms with Gasteiger partial charge in [0.1, 0.15) is 0 Å². The van der Waals surface area contributed by atoms with Gasteiger partial charge in [0.15, 0.2) is 0 Å². The largest absolute Gasteiger partial charge is 0.444 e. The van der Waals surface area contributed by atoms with E-state index in [1.54, 1.807) is 0 Å². The molecule has 0 unspecified atom stereocenters. The van der Waals surface area contributed by atoms with Gasteiger partial charge >= 0.3 is 0 Å². The molecule has 0 rings (SSSR count). The van der Waals surface area contributed by atoms with Gasteiger partial charge in [0, 0.05) is 18.6 Å². The van der Waals surface area contributed by atoms with Crippen molar-refractivity contribution in [3.8, 4) is 0 Å². The summed E-state index contributed by atoms with van der Waals surface area (Å²) >= 11 is 4.33. The second kappa shape index (κ2) is 9.49. The molecule has 0 atom stereocenters. The van der Waals surface area contributed by atoms with Crippen molar-refractivity contribution < 1.29 is 18.6 Å². The molecule has 0 amide bonds. The number of halogens is 2. The molecule has 0 aromatic rings. The molecule has 0 saturated heterocycles. The number of hydrogen-bond donors (Lipinski definition) is 0. The van der Waals surface area contributed by atoms with E-state index in [1.807, 2.05) is 10.1 Å².